The lowest BCUT2D eigenvalue weighted by Crippen LogP contribution is -2.33. The molecule has 2 N–H and O–H groups in total. The van der Waals surface area contributed by atoms with Crippen molar-refractivity contribution in [2.45, 2.75) is 84.7 Å². The summed E-state index contributed by atoms with van der Waals surface area (Å²) in [5.41, 5.74) is 1.42. The van der Waals surface area contributed by atoms with Crippen LogP contribution in [0.25, 0.3) is 0 Å². The molecule has 126 valence electrons. The molecule has 0 spiro atoms. The second-order valence-electron chi connectivity index (χ2n) is 7.57. The molecule has 22 heavy (non-hydrogen) atoms. The summed E-state index contributed by atoms with van der Waals surface area (Å²) in [5.74, 6) is 3.66. The summed E-state index contributed by atoms with van der Waals surface area (Å²) in [6.45, 7) is 13.3. The Kier molecular flexibility index (Phi) is 6.40. The number of unbranched alkanes of at least 4 members (excludes halogenated alkanes) is 1. The molecule has 1 aliphatic heterocycles. The second kappa shape index (κ2) is 8.08. The lowest BCUT2D eigenvalue weighted by molar-refractivity contribution is 0.306. The van der Waals surface area contributed by atoms with Gasteiger partial charge in [0.1, 0.15) is 0 Å². The minimum atomic E-state index is 0.640. The molecule has 1 saturated carbocycles. The molecule has 2 rings (SSSR count). The van der Waals surface area contributed by atoms with E-state index in [1.54, 1.807) is 0 Å². The molecule has 2 heteroatoms. The van der Waals surface area contributed by atoms with E-state index in [0.29, 0.717) is 18.0 Å². The van der Waals surface area contributed by atoms with E-state index >= 15 is 0 Å². The van der Waals surface area contributed by atoms with E-state index < -0.39 is 0 Å². The van der Waals surface area contributed by atoms with Crippen LogP contribution >= 0.6 is 0 Å². The zero-order chi connectivity index (χ0) is 16.1. The molecule has 4 unspecified atom stereocenters. The first kappa shape index (κ1) is 17.4. The predicted molar refractivity (Wildman–Crippen MR) is 96.6 cm³/mol. The minimum Gasteiger partial charge on any atom is -0.367 e. The van der Waals surface area contributed by atoms with Crippen LogP contribution in [-0.2, 0) is 0 Å². The van der Waals surface area contributed by atoms with Crippen LogP contribution in [0.4, 0.5) is 0 Å². The van der Waals surface area contributed by atoms with Gasteiger partial charge >= 0.3 is 0 Å². The van der Waals surface area contributed by atoms with Gasteiger partial charge in [-0.25, -0.2) is 0 Å². The van der Waals surface area contributed by atoms with Gasteiger partial charge in [0.05, 0.1) is 11.9 Å². The van der Waals surface area contributed by atoms with Crippen molar-refractivity contribution in [2.75, 3.05) is 0 Å². The summed E-state index contributed by atoms with van der Waals surface area (Å²) in [4.78, 5) is 0. The first-order valence-corrected chi connectivity index (χ1v) is 9.47. The number of hydrogen-bond acceptors (Lipinski definition) is 2. The van der Waals surface area contributed by atoms with E-state index in [1.165, 1.54) is 49.9 Å². The Hall–Kier alpha value is -0.920. The van der Waals surface area contributed by atoms with Gasteiger partial charge in [0.2, 0.25) is 0 Å². The Morgan fingerprint density at radius 3 is 2.68 bits per heavy atom. The molecule has 0 aromatic rings. The number of hydrogen-bond donors (Lipinski definition) is 2. The van der Waals surface area contributed by atoms with E-state index in [4.69, 9.17) is 0 Å². The quantitative estimate of drug-likeness (QED) is 0.488. The SMILES string of the molecule is C=C(CCCCC1C(CC)CC2N/C(=C\CC)NC21)C(C)C. The van der Waals surface area contributed by atoms with Crippen molar-refractivity contribution in [1.29, 1.82) is 0 Å². The average molecular weight is 305 g/mol. The number of allylic oxidation sites excluding steroid dienone is 2. The first-order chi connectivity index (χ1) is 10.6. The zero-order valence-electron chi connectivity index (χ0n) is 15.1. The molecule has 4 atom stereocenters. The molecular formula is C20H36N2. The number of rotatable bonds is 8. The van der Waals surface area contributed by atoms with Crippen molar-refractivity contribution >= 4 is 0 Å². The summed E-state index contributed by atoms with van der Waals surface area (Å²) in [6.07, 6.45) is 11.3. The smallest absolute Gasteiger partial charge is 0.0951 e. The third kappa shape index (κ3) is 4.08. The van der Waals surface area contributed by atoms with Crippen molar-refractivity contribution < 1.29 is 0 Å². The highest BCUT2D eigenvalue weighted by Crippen LogP contribution is 2.40. The number of nitrogens with one attached hydrogen (secondary N) is 2. The summed E-state index contributed by atoms with van der Waals surface area (Å²) in [7, 11) is 0. The molecule has 1 heterocycles. The fourth-order valence-electron chi connectivity index (χ4n) is 4.24. The third-order valence-electron chi connectivity index (χ3n) is 5.75. The van der Waals surface area contributed by atoms with E-state index in [1.807, 2.05) is 0 Å². The van der Waals surface area contributed by atoms with Crippen LogP contribution < -0.4 is 10.6 Å². The van der Waals surface area contributed by atoms with Gasteiger partial charge < -0.3 is 10.6 Å². The van der Waals surface area contributed by atoms with E-state index in [2.05, 4.69) is 51.0 Å². The molecule has 2 aliphatic rings. The van der Waals surface area contributed by atoms with E-state index in [0.717, 1.165) is 18.3 Å². The summed E-state index contributed by atoms with van der Waals surface area (Å²) in [6, 6.07) is 1.33. The molecule has 1 aliphatic carbocycles. The fraction of sp³-hybridized carbons (Fsp3) is 0.800. The van der Waals surface area contributed by atoms with Crippen molar-refractivity contribution in [1.82, 2.24) is 10.6 Å². The monoisotopic (exact) mass is 304 g/mol. The number of fused-ring (bicyclic) bond motifs is 1. The molecule has 1 saturated heterocycles. The normalized spacial score (nSPS) is 32.1. The van der Waals surface area contributed by atoms with Gasteiger partial charge in [-0.15, -0.1) is 0 Å². The summed E-state index contributed by atoms with van der Waals surface area (Å²) in [5, 5.41) is 7.48. The van der Waals surface area contributed by atoms with Crippen LogP contribution in [0.5, 0.6) is 0 Å². The third-order valence-corrected chi connectivity index (χ3v) is 5.75. The second-order valence-corrected chi connectivity index (χ2v) is 7.57. The van der Waals surface area contributed by atoms with Crippen molar-refractivity contribution in [3.8, 4) is 0 Å². The van der Waals surface area contributed by atoms with Crippen LogP contribution in [0.1, 0.15) is 72.6 Å². The highest BCUT2D eigenvalue weighted by Gasteiger charge is 2.45. The summed E-state index contributed by atoms with van der Waals surface area (Å²) < 4.78 is 0. The van der Waals surface area contributed by atoms with Crippen LogP contribution in [-0.4, -0.2) is 12.1 Å². The standard InChI is InChI=1S/C20H36N2/c1-6-10-19-21-18-13-16(7-2)17(20(18)22-19)12-9-8-11-15(5)14(3)4/h10,14,16-18,20-22H,5-9,11-13H2,1-4H3/b19-10+. The molecule has 0 radical (unpaired) electrons. The van der Waals surface area contributed by atoms with Crippen LogP contribution in [0.15, 0.2) is 24.0 Å². The van der Waals surface area contributed by atoms with Crippen LogP contribution in [0.2, 0.25) is 0 Å². The molecule has 2 fully saturated rings. The Labute approximate surface area is 137 Å². The minimum absolute atomic E-state index is 0.640. The Balaban J connectivity index is 1.82. The first-order valence-electron chi connectivity index (χ1n) is 9.47. The molecule has 0 bridgehead atoms. The Morgan fingerprint density at radius 2 is 2.05 bits per heavy atom. The fourth-order valence-corrected chi connectivity index (χ4v) is 4.24. The predicted octanol–water partition coefficient (Wildman–Crippen LogP) is 4.99. The highest BCUT2D eigenvalue weighted by atomic mass is 15.2. The lowest BCUT2D eigenvalue weighted by Gasteiger charge is -2.24. The maximum Gasteiger partial charge on any atom is 0.0951 e. The van der Waals surface area contributed by atoms with Gasteiger partial charge in [-0.2, -0.15) is 0 Å². The van der Waals surface area contributed by atoms with Gasteiger partial charge in [0, 0.05) is 6.04 Å². The molecule has 0 amide bonds. The van der Waals surface area contributed by atoms with Gasteiger partial charge in [-0.1, -0.05) is 52.7 Å². The Morgan fingerprint density at radius 1 is 1.27 bits per heavy atom. The molecule has 0 aromatic heterocycles. The van der Waals surface area contributed by atoms with Crippen molar-refractivity contribution in [3.05, 3.63) is 24.0 Å². The highest BCUT2D eigenvalue weighted by molar-refractivity contribution is 5.15. The molecule has 0 aromatic carbocycles. The Bertz CT molecular complexity index is 397. The molecular weight excluding hydrogens is 268 g/mol. The summed E-state index contributed by atoms with van der Waals surface area (Å²) >= 11 is 0. The van der Waals surface area contributed by atoms with Gasteiger partial charge in [-0.05, 0) is 55.9 Å². The maximum atomic E-state index is 4.21. The lowest BCUT2D eigenvalue weighted by atomic mass is 9.86. The maximum absolute atomic E-state index is 4.21. The van der Waals surface area contributed by atoms with Gasteiger partial charge in [-0.3, -0.25) is 0 Å². The van der Waals surface area contributed by atoms with Gasteiger partial charge in [0.25, 0.3) is 0 Å². The molecule has 2 nitrogen and oxygen atoms in total. The average Bonchev–Trinajstić information content (AvgIpc) is 3.01. The largest absolute Gasteiger partial charge is 0.367 e. The van der Waals surface area contributed by atoms with Crippen molar-refractivity contribution in [2.24, 2.45) is 17.8 Å². The van der Waals surface area contributed by atoms with E-state index in [-0.39, 0.29) is 0 Å². The van der Waals surface area contributed by atoms with Crippen LogP contribution in [0.3, 0.4) is 0 Å². The van der Waals surface area contributed by atoms with Gasteiger partial charge in [0.15, 0.2) is 0 Å². The van der Waals surface area contributed by atoms with E-state index in [9.17, 15) is 0 Å². The topological polar surface area (TPSA) is 24.1 Å². The zero-order valence-corrected chi connectivity index (χ0v) is 15.1. The van der Waals surface area contributed by atoms with Crippen LogP contribution in [0, 0.1) is 17.8 Å². The van der Waals surface area contributed by atoms with Crippen molar-refractivity contribution in [3.63, 3.8) is 0 Å².